The number of ether oxygens (including phenoxy) is 1. The van der Waals surface area contributed by atoms with E-state index >= 15 is 0 Å². The fraction of sp³-hybridized carbons (Fsp3) is 0.333. The first-order valence-electron chi connectivity index (χ1n) is 9.36. The minimum atomic E-state index is -0.0229. The number of aromatic nitrogens is 3. The SMILES string of the molecule is Cn1c(N2CCC(COc3ncccc3C#N)CC2)nc2ccccc2c1=O. The Kier molecular flexibility index (Phi) is 4.94. The van der Waals surface area contributed by atoms with Gasteiger partial charge in [0, 0.05) is 26.3 Å². The van der Waals surface area contributed by atoms with Gasteiger partial charge in [0.05, 0.1) is 17.5 Å². The molecule has 0 atom stereocenters. The van der Waals surface area contributed by atoms with Crippen molar-refractivity contribution in [2.24, 2.45) is 13.0 Å². The number of piperidine rings is 1. The van der Waals surface area contributed by atoms with Crippen LogP contribution < -0.4 is 15.2 Å². The molecule has 28 heavy (non-hydrogen) atoms. The van der Waals surface area contributed by atoms with E-state index in [4.69, 9.17) is 15.0 Å². The van der Waals surface area contributed by atoms with Gasteiger partial charge in [-0.25, -0.2) is 9.97 Å². The number of benzene rings is 1. The van der Waals surface area contributed by atoms with Crippen molar-refractivity contribution in [2.75, 3.05) is 24.6 Å². The fourth-order valence-electron chi connectivity index (χ4n) is 3.58. The highest BCUT2D eigenvalue weighted by atomic mass is 16.5. The monoisotopic (exact) mass is 375 g/mol. The smallest absolute Gasteiger partial charge is 0.262 e. The van der Waals surface area contributed by atoms with Crippen molar-refractivity contribution in [3.63, 3.8) is 0 Å². The van der Waals surface area contributed by atoms with Crippen LogP contribution in [0.3, 0.4) is 0 Å². The molecule has 1 aliphatic heterocycles. The average Bonchev–Trinajstić information content (AvgIpc) is 2.75. The second-order valence-electron chi connectivity index (χ2n) is 7.00. The van der Waals surface area contributed by atoms with Crippen LogP contribution in [0.2, 0.25) is 0 Å². The van der Waals surface area contributed by atoms with E-state index in [1.54, 1.807) is 29.9 Å². The van der Waals surface area contributed by atoms with Gasteiger partial charge in [-0.15, -0.1) is 0 Å². The quantitative estimate of drug-likeness (QED) is 0.697. The molecule has 2 aromatic heterocycles. The Morgan fingerprint density at radius 2 is 2.00 bits per heavy atom. The number of rotatable bonds is 4. The van der Waals surface area contributed by atoms with Crippen molar-refractivity contribution in [2.45, 2.75) is 12.8 Å². The molecule has 0 radical (unpaired) electrons. The third-order valence-corrected chi connectivity index (χ3v) is 5.20. The molecule has 1 fully saturated rings. The molecule has 0 N–H and O–H groups in total. The van der Waals surface area contributed by atoms with Gasteiger partial charge in [-0.2, -0.15) is 5.26 Å². The highest BCUT2D eigenvalue weighted by Gasteiger charge is 2.23. The summed E-state index contributed by atoms with van der Waals surface area (Å²) in [6.07, 6.45) is 3.49. The first-order chi connectivity index (χ1) is 13.7. The zero-order valence-electron chi connectivity index (χ0n) is 15.7. The summed E-state index contributed by atoms with van der Waals surface area (Å²) in [4.78, 5) is 23.6. The Bertz CT molecular complexity index is 1090. The number of hydrogen-bond acceptors (Lipinski definition) is 6. The number of hydrogen-bond donors (Lipinski definition) is 0. The van der Waals surface area contributed by atoms with Gasteiger partial charge in [-0.1, -0.05) is 12.1 Å². The predicted molar refractivity (Wildman–Crippen MR) is 106 cm³/mol. The van der Waals surface area contributed by atoms with Gasteiger partial charge < -0.3 is 9.64 Å². The largest absolute Gasteiger partial charge is 0.476 e. The lowest BCUT2D eigenvalue weighted by Gasteiger charge is -2.33. The van der Waals surface area contributed by atoms with Gasteiger partial charge in [-0.05, 0) is 43.0 Å². The van der Waals surface area contributed by atoms with E-state index in [0.717, 1.165) is 31.4 Å². The van der Waals surface area contributed by atoms with Crippen LogP contribution in [-0.2, 0) is 7.05 Å². The first kappa shape index (κ1) is 18.0. The lowest BCUT2D eigenvalue weighted by molar-refractivity contribution is 0.215. The topological polar surface area (TPSA) is 84.0 Å². The van der Waals surface area contributed by atoms with E-state index in [0.29, 0.717) is 35.3 Å². The molecule has 3 aromatic rings. The second-order valence-corrected chi connectivity index (χ2v) is 7.00. The van der Waals surface area contributed by atoms with Crippen LogP contribution in [0.1, 0.15) is 18.4 Å². The molecular weight excluding hydrogens is 354 g/mol. The molecule has 0 aliphatic carbocycles. The van der Waals surface area contributed by atoms with Gasteiger partial charge in [0.15, 0.2) is 0 Å². The summed E-state index contributed by atoms with van der Waals surface area (Å²) in [6, 6.07) is 13.0. The van der Waals surface area contributed by atoms with E-state index in [1.807, 2.05) is 24.3 Å². The zero-order chi connectivity index (χ0) is 19.5. The summed E-state index contributed by atoms with van der Waals surface area (Å²) < 4.78 is 7.42. The lowest BCUT2D eigenvalue weighted by Crippen LogP contribution is -2.39. The van der Waals surface area contributed by atoms with Crippen molar-refractivity contribution >= 4 is 16.9 Å². The minimum absolute atomic E-state index is 0.0229. The van der Waals surface area contributed by atoms with Crippen molar-refractivity contribution in [3.8, 4) is 11.9 Å². The van der Waals surface area contributed by atoms with Gasteiger partial charge in [0.25, 0.3) is 5.56 Å². The molecule has 142 valence electrons. The molecule has 0 unspecified atom stereocenters. The van der Waals surface area contributed by atoms with Gasteiger partial charge in [-0.3, -0.25) is 9.36 Å². The average molecular weight is 375 g/mol. The molecule has 1 aromatic carbocycles. The van der Waals surface area contributed by atoms with E-state index in [9.17, 15) is 4.79 Å². The number of anilines is 1. The van der Waals surface area contributed by atoms with Crippen LogP contribution in [0.5, 0.6) is 5.88 Å². The second kappa shape index (κ2) is 7.69. The van der Waals surface area contributed by atoms with Gasteiger partial charge in [0.2, 0.25) is 11.8 Å². The Labute approximate surface area is 162 Å². The number of para-hydroxylation sites is 1. The van der Waals surface area contributed by atoms with Crippen LogP contribution >= 0.6 is 0 Å². The number of nitriles is 1. The predicted octanol–water partition coefficient (Wildman–Crippen LogP) is 2.50. The highest BCUT2D eigenvalue weighted by molar-refractivity contribution is 5.78. The van der Waals surface area contributed by atoms with Crippen LogP contribution in [0.4, 0.5) is 5.95 Å². The molecule has 1 saturated heterocycles. The Morgan fingerprint density at radius 1 is 1.21 bits per heavy atom. The normalized spacial score (nSPS) is 14.8. The van der Waals surface area contributed by atoms with E-state index < -0.39 is 0 Å². The lowest BCUT2D eigenvalue weighted by atomic mass is 9.98. The molecular formula is C21H21N5O2. The summed E-state index contributed by atoms with van der Waals surface area (Å²) in [7, 11) is 1.77. The number of pyridine rings is 1. The van der Waals surface area contributed by atoms with E-state index in [2.05, 4.69) is 16.0 Å². The molecule has 7 nitrogen and oxygen atoms in total. The minimum Gasteiger partial charge on any atom is -0.476 e. The van der Waals surface area contributed by atoms with Gasteiger partial charge >= 0.3 is 0 Å². The number of nitrogens with zero attached hydrogens (tertiary/aromatic N) is 5. The summed E-state index contributed by atoms with van der Waals surface area (Å²) in [5.74, 6) is 1.48. The van der Waals surface area contributed by atoms with E-state index in [1.165, 1.54) is 0 Å². The van der Waals surface area contributed by atoms with Crippen molar-refractivity contribution in [1.82, 2.24) is 14.5 Å². The third kappa shape index (κ3) is 3.41. The van der Waals surface area contributed by atoms with Crippen molar-refractivity contribution in [1.29, 1.82) is 5.26 Å². The summed E-state index contributed by atoms with van der Waals surface area (Å²) in [5.41, 5.74) is 1.16. The van der Waals surface area contributed by atoms with Crippen molar-refractivity contribution in [3.05, 3.63) is 58.5 Å². The molecule has 0 spiro atoms. The Morgan fingerprint density at radius 3 is 2.79 bits per heavy atom. The standard InChI is InChI=1S/C21H21N5O2/c1-25-20(27)17-6-2-3-7-18(17)24-21(25)26-11-8-15(9-12-26)14-28-19-16(13-22)5-4-10-23-19/h2-7,10,15H,8-9,11-12,14H2,1H3. The van der Waals surface area contributed by atoms with Crippen LogP contribution in [-0.4, -0.2) is 34.2 Å². The molecule has 4 rings (SSSR count). The van der Waals surface area contributed by atoms with Crippen LogP contribution in [0.15, 0.2) is 47.4 Å². The molecule has 3 heterocycles. The fourth-order valence-corrected chi connectivity index (χ4v) is 3.58. The molecule has 0 saturated carbocycles. The summed E-state index contributed by atoms with van der Waals surface area (Å²) in [5, 5.41) is 9.77. The molecule has 1 aliphatic rings. The Balaban J connectivity index is 1.43. The highest BCUT2D eigenvalue weighted by Crippen LogP contribution is 2.23. The maximum atomic E-state index is 12.6. The van der Waals surface area contributed by atoms with Gasteiger partial charge in [0.1, 0.15) is 11.6 Å². The van der Waals surface area contributed by atoms with Crippen LogP contribution in [0, 0.1) is 17.2 Å². The Hall–Kier alpha value is -3.40. The van der Waals surface area contributed by atoms with Crippen molar-refractivity contribution < 1.29 is 4.74 Å². The maximum Gasteiger partial charge on any atom is 0.262 e. The zero-order valence-corrected chi connectivity index (χ0v) is 15.7. The summed E-state index contributed by atoms with van der Waals surface area (Å²) in [6.45, 7) is 2.14. The summed E-state index contributed by atoms with van der Waals surface area (Å²) >= 11 is 0. The molecule has 0 amide bonds. The maximum absolute atomic E-state index is 12.6. The first-order valence-corrected chi connectivity index (χ1v) is 9.36. The molecule has 7 heteroatoms. The number of fused-ring (bicyclic) bond motifs is 1. The van der Waals surface area contributed by atoms with E-state index in [-0.39, 0.29) is 5.56 Å². The third-order valence-electron chi connectivity index (χ3n) is 5.20. The molecule has 0 bridgehead atoms. The van der Waals surface area contributed by atoms with Crippen LogP contribution in [0.25, 0.3) is 10.9 Å².